The average Bonchev–Trinajstić information content (AvgIpc) is 3.10. The van der Waals surface area contributed by atoms with Gasteiger partial charge in [-0.1, -0.05) is 26.2 Å². The lowest BCUT2D eigenvalue weighted by molar-refractivity contribution is -0.122. The third kappa shape index (κ3) is 3.54. The molecule has 0 spiro atoms. The molecule has 4 rings (SSSR count). The van der Waals surface area contributed by atoms with E-state index >= 15 is 0 Å². The highest BCUT2D eigenvalue weighted by Gasteiger charge is 2.42. The van der Waals surface area contributed by atoms with Crippen molar-refractivity contribution in [2.45, 2.75) is 71.0 Å². The predicted octanol–water partition coefficient (Wildman–Crippen LogP) is 3.04. The fraction of sp³-hybridized carbons (Fsp3) is 0.667. The minimum atomic E-state index is 0.0739. The van der Waals surface area contributed by atoms with Crippen LogP contribution < -0.4 is 10.1 Å². The summed E-state index contributed by atoms with van der Waals surface area (Å²) in [7, 11) is 1.59. The summed E-state index contributed by atoms with van der Waals surface area (Å²) in [6, 6.07) is 2.21. The van der Waals surface area contributed by atoms with Crippen LogP contribution in [0.25, 0.3) is 0 Å². The Kier molecular flexibility index (Phi) is 5.06. The van der Waals surface area contributed by atoms with Crippen LogP contribution in [0.15, 0.2) is 6.07 Å². The van der Waals surface area contributed by atoms with Gasteiger partial charge in [0.2, 0.25) is 11.8 Å². The van der Waals surface area contributed by atoms with Gasteiger partial charge in [-0.15, -0.1) is 0 Å². The Morgan fingerprint density at radius 3 is 2.85 bits per heavy atom. The molecule has 0 unspecified atom stereocenters. The molecule has 1 aromatic rings. The summed E-state index contributed by atoms with van der Waals surface area (Å²) in [5, 5.41) is 3.01. The number of fused-ring (bicyclic) bond motifs is 1. The number of carbonyl (C=O) groups is 2. The van der Waals surface area contributed by atoms with Crippen LogP contribution in [0.5, 0.6) is 5.88 Å². The minimum absolute atomic E-state index is 0.0739. The number of methoxy groups -OCH3 is 1. The van der Waals surface area contributed by atoms with E-state index in [-0.39, 0.29) is 17.7 Å². The molecule has 2 amide bonds. The molecule has 1 aliphatic heterocycles. The van der Waals surface area contributed by atoms with Crippen molar-refractivity contribution in [3.05, 3.63) is 22.9 Å². The quantitative estimate of drug-likeness (QED) is 0.800. The van der Waals surface area contributed by atoms with E-state index in [1.807, 2.05) is 11.0 Å². The fourth-order valence-corrected chi connectivity index (χ4v) is 4.65. The fourth-order valence-electron chi connectivity index (χ4n) is 4.65. The number of rotatable bonds is 7. The molecule has 1 aromatic heterocycles. The summed E-state index contributed by atoms with van der Waals surface area (Å²) >= 11 is 0. The maximum atomic E-state index is 12.9. The zero-order valence-corrected chi connectivity index (χ0v) is 16.3. The summed E-state index contributed by atoms with van der Waals surface area (Å²) in [5.41, 5.74) is 2.24. The van der Waals surface area contributed by atoms with Gasteiger partial charge >= 0.3 is 0 Å². The molecule has 2 heterocycles. The topological polar surface area (TPSA) is 71.5 Å². The first-order valence-corrected chi connectivity index (χ1v) is 10.3. The SMILES string of the molecule is CCC[C@@H]1C[C@@H]1C(=O)NCc1cc2c(nc1OC)CN(C1CCCC1)C2=O. The molecule has 2 atom stereocenters. The Morgan fingerprint density at radius 2 is 2.15 bits per heavy atom. The molecule has 1 N–H and O–H groups in total. The number of amides is 2. The van der Waals surface area contributed by atoms with Crippen molar-refractivity contribution in [1.82, 2.24) is 15.2 Å². The van der Waals surface area contributed by atoms with Gasteiger partial charge in [0.15, 0.2) is 0 Å². The minimum Gasteiger partial charge on any atom is -0.481 e. The van der Waals surface area contributed by atoms with Crippen molar-refractivity contribution >= 4 is 11.8 Å². The van der Waals surface area contributed by atoms with Crippen molar-refractivity contribution in [3.8, 4) is 5.88 Å². The zero-order chi connectivity index (χ0) is 19.0. The van der Waals surface area contributed by atoms with E-state index in [0.29, 0.717) is 36.5 Å². The van der Waals surface area contributed by atoms with Crippen LogP contribution in [-0.2, 0) is 17.9 Å². The molecule has 6 heteroatoms. The predicted molar refractivity (Wildman–Crippen MR) is 101 cm³/mol. The first kappa shape index (κ1) is 18.3. The third-order valence-corrected chi connectivity index (χ3v) is 6.28. The van der Waals surface area contributed by atoms with E-state index in [1.54, 1.807) is 7.11 Å². The molecule has 146 valence electrons. The molecule has 2 saturated carbocycles. The van der Waals surface area contributed by atoms with Gasteiger partial charge in [-0.05, 0) is 37.7 Å². The van der Waals surface area contributed by atoms with Gasteiger partial charge in [-0.25, -0.2) is 4.98 Å². The molecule has 0 saturated heterocycles. The molecule has 2 fully saturated rings. The molecule has 3 aliphatic rings. The van der Waals surface area contributed by atoms with Crippen molar-refractivity contribution in [1.29, 1.82) is 0 Å². The molecular weight excluding hydrogens is 342 g/mol. The van der Waals surface area contributed by atoms with E-state index in [9.17, 15) is 9.59 Å². The van der Waals surface area contributed by atoms with Gasteiger partial charge in [0.05, 0.1) is 24.9 Å². The number of nitrogens with zero attached hydrogens (tertiary/aromatic N) is 2. The van der Waals surface area contributed by atoms with E-state index in [2.05, 4.69) is 17.2 Å². The van der Waals surface area contributed by atoms with Crippen molar-refractivity contribution in [2.75, 3.05) is 7.11 Å². The molecule has 0 bridgehead atoms. The van der Waals surface area contributed by atoms with Crippen LogP contribution in [0.2, 0.25) is 0 Å². The summed E-state index contributed by atoms with van der Waals surface area (Å²) in [4.78, 5) is 31.8. The lowest BCUT2D eigenvalue weighted by Gasteiger charge is -2.22. The standard InChI is InChI=1S/C21H29N3O3/c1-3-6-13-9-16(13)19(25)22-11-14-10-17-18(23-20(14)27-2)12-24(21(17)26)15-7-4-5-8-15/h10,13,15-16H,3-9,11-12H2,1-2H3,(H,22,25)/t13-,16+/m1/s1. The van der Waals surface area contributed by atoms with Crippen LogP contribution in [0, 0.1) is 11.8 Å². The first-order chi connectivity index (χ1) is 13.1. The van der Waals surface area contributed by atoms with Crippen molar-refractivity contribution in [3.63, 3.8) is 0 Å². The number of pyridine rings is 1. The summed E-state index contributed by atoms with van der Waals surface area (Å²) in [6.45, 7) is 3.08. The van der Waals surface area contributed by atoms with Gasteiger partial charge in [0.25, 0.3) is 5.91 Å². The second-order valence-electron chi connectivity index (χ2n) is 8.13. The van der Waals surface area contributed by atoms with Gasteiger partial charge in [0.1, 0.15) is 0 Å². The first-order valence-electron chi connectivity index (χ1n) is 10.3. The van der Waals surface area contributed by atoms with Crippen LogP contribution >= 0.6 is 0 Å². The Hall–Kier alpha value is -2.11. The number of nitrogens with one attached hydrogen (secondary N) is 1. The number of hydrogen-bond acceptors (Lipinski definition) is 4. The molecular formula is C21H29N3O3. The van der Waals surface area contributed by atoms with E-state index < -0.39 is 0 Å². The monoisotopic (exact) mass is 371 g/mol. The average molecular weight is 371 g/mol. The summed E-state index contributed by atoms with van der Waals surface area (Å²) in [5.74, 6) is 1.38. The Morgan fingerprint density at radius 1 is 1.37 bits per heavy atom. The van der Waals surface area contributed by atoms with Crippen molar-refractivity contribution in [2.24, 2.45) is 11.8 Å². The normalized spacial score (nSPS) is 24.2. The van der Waals surface area contributed by atoms with Crippen LogP contribution in [-0.4, -0.2) is 34.8 Å². The molecule has 2 aliphatic carbocycles. The second kappa shape index (κ2) is 7.49. The van der Waals surface area contributed by atoms with Crippen molar-refractivity contribution < 1.29 is 14.3 Å². The Bertz CT molecular complexity index is 742. The van der Waals surface area contributed by atoms with Gasteiger partial charge < -0.3 is 15.0 Å². The number of carbonyl (C=O) groups excluding carboxylic acids is 2. The van der Waals surface area contributed by atoms with Gasteiger partial charge in [-0.2, -0.15) is 0 Å². The second-order valence-corrected chi connectivity index (χ2v) is 8.13. The molecule has 27 heavy (non-hydrogen) atoms. The van der Waals surface area contributed by atoms with E-state index in [0.717, 1.165) is 43.4 Å². The number of aromatic nitrogens is 1. The van der Waals surface area contributed by atoms with Crippen LogP contribution in [0.4, 0.5) is 0 Å². The third-order valence-electron chi connectivity index (χ3n) is 6.28. The molecule has 0 radical (unpaired) electrons. The lowest BCUT2D eigenvalue weighted by atomic mass is 10.1. The van der Waals surface area contributed by atoms with E-state index in [4.69, 9.17) is 4.74 Å². The smallest absolute Gasteiger partial charge is 0.256 e. The van der Waals surface area contributed by atoms with Crippen LogP contribution in [0.3, 0.4) is 0 Å². The summed E-state index contributed by atoms with van der Waals surface area (Å²) < 4.78 is 5.44. The van der Waals surface area contributed by atoms with Gasteiger partial charge in [0, 0.05) is 24.1 Å². The van der Waals surface area contributed by atoms with Crippen LogP contribution in [0.1, 0.15) is 73.5 Å². The number of ether oxygens (including phenoxy) is 1. The van der Waals surface area contributed by atoms with Gasteiger partial charge in [-0.3, -0.25) is 9.59 Å². The Balaban J connectivity index is 1.45. The molecule has 6 nitrogen and oxygen atoms in total. The number of hydrogen-bond donors (Lipinski definition) is 1. The highest BCUT2D eigenvalue weighted by molar-refractivity contribution is 5.98. The largest absolute Gasteiger partial charge is 0.481 e. The maximum absolute atomic E-state index is 12.9. The van der Waals surface area contributed by atoms with E-state index in [1.165, 1.54) is 12.8 Å². The maximum Gasteiger partial charge on any atom is 0.256 e. The summed E-state index contributed by atoms with van der Waals surface area (Å²) in [6.07, 6.45) is 7.79. The zero-order valence-electron chi connectivity index (χ0n) is 16.3. The highest BCUT2D eigenvalue weighted by atomic mass is 16.5. The lowest BCUT2D eigenvalue weighted by Crippen LogP contribution is -2.33. The molecule has 0 aromatic carbocycles. The Labute approximate surface area is 160 Å². The highest BCUT2D eigenvalue weighted by Crippen LogP contribution is 2.42.